The van der Waals surface area contributed by atoms with Gasteiger partial charge in [0.15, 0.2) is 0 Å². The van der Waals surface area contributed by atoms with Gasteiger partial charge < -0.3 is 9.73 Å². The van der Waals surface area contributed by atoms with Gasteiger partial charge in [-0.3, -0.25) is 4.79 Å². The molecule has 0 aliphatic carbocycles. The Balaban J connectivity index is 1.45. The number of hydrogen-bond donors (Lipinski definition) is 1. The minimum absolute atomic E-state index is 0.163. The molecule has 1 N–H and O–H groups in total. The Bertz CT molecular complexity index is 1060. The number of carbonyl (C=O) groups excluding carboxylic acids is 1. The molecule has 0 atom stereocenters. The lowest BCUT2D eigenvalue weighted by atomic mass is 10.2. The van der Waals surface area contributed by atoms with Crippen LogP contribution in [0.3, 0.4) is 0 Å². The number of aromatic nitrogens is 3. The molecule has 0 saturated carbocycles. The highest BCUT2D eigenvalue weighted by Crippen LogP contribution is 2.27. The summed E-state index contributed by atoms with van der Waals surface area (Å²) in [5.74, 6) is 0.583. The van der Waals surface area contributed by atoms with Gasteiger partial charge in [0, 0.05) is 11.1 Å². The van der Waals surface area contributed by atoms with Crippen LogP contribution < -0.4 is 5.32 Å². The molecule has 27 heavy (non-hydrogen) atoms. The van der Waals surface area contributed by atoms with E-state index in [2.05, 4.69) is 20.5 Å². The van der Waals surface area contributed by atoms with Gasteiger partial charge in [-0.2, -0.15) is 0 Å². The predicted octanol–water partition coefficient (Wildman–Crippen LogP) is 4.10. The number of benzene rings is 2. The fraction of sp³-hybridized carbons (Fsp3) is 0.100. The first-order valence-electron chi connectivity index (χ1n) is 8.39. The molecule has 0 unspecified atom stereocenters. The smallest absolute Gasteiger partial charge is 0.263 e. The summed E-state index contributed by atoms with van der Waals surface area (Å²) in [6.45, 7) is 1.99. The van der Waals surface area contributed by atoms with E-state index in [0.29, 0.717) is 22.4 Å². The van der Waals surface area contributed by atoms with Gasteiger partial charge in [-0.15, -0.1) is 21.5 Å². The van der Waals surface area contributed by atoms with Crippen molar-refractivity contribution in [2.45, 2.75) is 13.5 Å². The highest BCUT2D eigenvalue weighted by Gasteiger charge is 2.17. The first kappa shape index (κ1) is 17.1. The zero-order chi connectivity index (χ0) is 18.6. The number of aryl methyl sites for hydroxylation is 1. The van der Waals surface area contributed by atoms with Gasteiger partial charge in [0.1, 0.15) is 9.88 Å². The topological polar surface area (TPSA) is 80.9 Å². The van der Waals surface area contributed by atoms with Crippen LogP contribution in [0.4, 0.5) is 0 Å². The van der Waals surface area contributed by atoms with Crippen LogP contribution in [0.5, 0.6) is 0 Å². The number of rotatable bonds is 5. The largest absolute Gasteiger partial charge is 0.419 e. The van der Waals surface area contributed by atoms with Gasteiger partial charge in [-0.25, -0.2) is 4.98 Å². The van der Waals surface area contributed by atoms with E-state index >= 15 is 0 Å². The van der Waals surface area contributed by atoms with Crippen molar-refractivity contribution in [2.75, 3.05) is 0 Å². The van der Waals surface area contributed by atoms with Gasteiger partial charge in [-0.1, -0.05) is 48.5 Å². The van der Waals surface area contributed by atoms with Crippen LogP contribution in [0.25, 0.3) is 22.0 Å². The van der Waals surface area contributed by atoms with E-state index in [1.165, 1.54) is 11.3 Å². The number of hydrogen-bond acceptors (Lipinski definition) is 6. The lowest BCUT2D eigenvalue weighted by Gasteiger charge is -2.00. The van der Waals surface area contributed by atoms with Crippen LogP contribution in [0.1, 0.15) is 21.3 Å². The van der Waals surface area contributed by atoms with E-state index in [-0.39, 0.29) is 12.5 Å². The number of nitrogens with zero attached hydrogens (tertiary/aromatic N) is 3. The van der Waals surface area contributed by atoms with Crippen molar-refractivity contribution in [1.29, 1.82) is 0 Å². The molecule has 0 aliphatic rings. The summed E-state index contributed by atoms with van der Waals surface area (Å²) < 4.78 is 5.61. The first-order valence-corrected chi connectivity index (χ1v) is 9.21. The molecule has 0 bridgehead atoms. The molecular weight excluding hydrogens is 360 g/mol. The van der Waals surface area contributed by atoms with Gasteiger partial charge in [0.05, 0.1) is 12.2 Å². The molecule has 2 aromatic heterocycles. The Kier molecular flexibility index (Phi) is 4.76. The highest BCUT2D eigenvalue weighted by molar-refractivity contribution is 7.17. The fourth-order valence-electron chi connectivity index (χ4n) is 2.57. The summed E-state index contributed by atoms with van der Waals surface area (Å²) in [5.41, 5.74) is 2.54. The first-order chi connectivity index (χ1) is 13.2. The van der Waals surface area contributed by atoms with E-state index < -0.39 is 0 Å². The van der Waals surface area contributed by atoms with Gasteiger partial charge >= 0.3 is 0 Å². The molecule has 0 aliphatic heterocycles. The summed E-state index contributed by atoms with van der Waals surface area (Å²) in [6.07, 6.45) is 0. The Morgan fingerprint density at radius 1 is 1.00 bits per heavy atom. The van der Waals surface area contributed by atoms with E-state index in [1.807, 2.05) is 67.6 Å². The van der Waals surface area contributed by atoms with Crippen LogP contribution in [0.2, 0.25) is 0 Å². The number of carbonyl (C=O) groups is 1. The van der Waals surface area contributed by atoms with Gasteiger partial charge in [0.2, 0.25) is 11.8 Å². The van der Waals surface area contributed by atoms with E-state index in [0.717, 1.165) is 16.1 Å². The molecule has 2 aromatic carbocycles. The van der Waals surface area contributed by atoms with Crippen molar-refractivity contribution in [3.8, 4) is 22.0 Å². The quantitative estimate of drug-likeness (QED) is 0.567. The lowest BCUT2D eigenvalue weighted by Crippen LogP contribution is -2.22. The van der Waals surface area contributed by atoms with Crippen molar-refractivity contribution < 1.29 is 9.21 Å². The molecule has 1 amide bonds. The van der Waals surface area contributed by atoms with Crippen molar-refractivity contribution in [2.24, 2.45) is 0 Å². The average Bonchev–Trinajstić information content (AvgIpc) is 3.34. The average molecular weight is 376 g/mol. The maximum Gasteiger partial charge on any atom is 0.263 e. The minimum atomic E-state index is -0.202. The summed E-state index contributed by atoms with van der Waals surface area (Å²) in [7, 11) is 0. The van der Waals surface area contributed by atoms with E-state index in [1.54, 1.807) is 0 Å². The Morgan fingerprint density at radius 3 is 2.37 bits per heavy atom. The van der Waals surface area contributed by atoms with E-state index in [4.69, 9.17) is 4.42 Å². The summed E-state index contributed by atoms with van der Waals surface area (Å²) in [5, 5.41) is 11.7. The molecule has 4 rings (SSSR count). The summed E-state index contributed by atoms with van der Waals surface area (Å²) >= 11 is 1.37. The second-order valence-electron chi connectivity index (χ2n) is 5.85. The maximum atomic E-state index is 12.5. The summed E-state index contributed by atoms with van der Waals surface area (Å²) in [4.78, 5) is 17.6. The molecule has 0 radical (unpaired) electrons. The Hall–Kier alpha value is -3.32. The SMILES string of the molecule is Cc1nc(-c2ccccc2)sc1C(=O)NCc1nnc(-c2ccccc2)o1. The third kappa shape index (κ3) is 3.78. The molecule has 6 nitrogen and oxygen atoms in total. The highest BCUT2D eigenvalue weighted by atomic mass is 32.1. The number of thiazole rings is 1. The molecule has 7 heteroatoms. The fourth-order valence-corrected chi connectivity index (χ4v) is 3.56. The molecular formula is C20H16N4O2S. The minimum Gasteiger partial charge on any atom is -0.419 e. The van der Waals surface area contributed by atoms with Crippen molar-refractivity contribution in [3.63, 3.8) is 0 Å². The molecule has 0 fully saturated rings. The molecule has 0 spiro atoms. The second-order valence-corrected chi connectivity index (χ2v) is 6.85. The lowest BCUT2D eigenvalue weighted by molar-refractivity contribution is 0.0950. The van der Waals surface area contributed by atoms with E-state index in [9.17, 15) is 4.79 Å². The Labute approximate surface area is 159 Å². The molecule has 134 valence electrons. The Morgan fingerprint density at radius 2 is 1.67 bits per heavy atom. The van der Waals surface area contributed by atoms with Gasteiger partial charge in [-0.05, 0) is 19.1 Å². The maximum absolute atomic E-state index is 12.5. The third-order valence-corrected chi connectivity index (χ3v) is 5.12. The number of amides is 1. The number of nitrogens with one attached hydrogen (secondary N) is 1. The zero-order valence-electron chi connectivity index (χ0n) is 14.5. The predicted molar refractivity (Wildman–Crippen MR) is 103 cm³/mol. The van der Waals surface area contributed by atoms with Crippen LogP contribution >= 0.6 is 11.3 Å². The molecule has 2 heterocycles. The molecule has 0 saturated heterocycles. The van der Waals surface area contributed by atoms with Gasteiger partial charge in [0.25, 0.3) is 5.91 Å². The van der Waals surface area contributed by atoms with Crippen LogP contribution in [0, 0.1) is 6.92 Å². The van der Waals surface area contributed by atoms with Crippen molar-refractivity contribution in [3.05, 3.63) is 77.1 Å². The third-order valence-electron chi connectivity index (χ3n) is 3.91. The van der Waals surface area contributed by atoms with Crippen LogP contribution in [-0.2, 0) is 6.54 Å². The van der Waals surface area contributed by atoms with Crippen LogP contribution in [-0.4, -0.2) is 21.1 Å². The van der Waals surface area contributed by atoms with Crippen LogP contribution in [0.15, 0.2) is 65.1 Å². The van der Waals surface area contributed by atoms with Crippen molar-refractivity contribution in [1.82, 2.24) is 20.5 Å². The molecule has 4 aromatic rings. The normalized spacial score (nSPS) is 10.7. The summed E-state index contributed by atoms with van der Waals surface area (Å²) in [6, 6.07) is 19.3. The standard InChI is InChI=1S/C20H16N4O2S/c1-13-17(27-20(22-13)15-10-6-3-7-11-15)18(25)21-12-16-23-24-19(26-16)14-8-4-2-5-9-14/h2-11H,12H2,1H3,(H,21,25). The second kappa shape index (κ2) is 7.51. The van der Waals surface area contributed by atoms with Crippen molar-refractivity contribution >= 4 is 17.2 Å². The zero-order valence-corrected chi connectivity index (χ0v) is 15.4. The monoisotopic (exact) mass is 376 g/mol.